The lowest BCUT2D eigenvalue weighted by Gasteiger charge is -2.15. The van der Waals surface area contributed by atoms with Crippen LogP contribution in [0.4, 0.5) is 11.4 Å². The number of amides is 2. The molecule has 0 spiro atoms. The zero-order valence-electron chi connectivity index (χ0n) is 16.5. The van der Waals surface area contributed by atoms with Crippen molar-refractivity contribution in [2.45, 2.75) is 34.1 Å². The van der Waals surface area contributed by atoms with Crippen LogP contribution in [0.15, 0.2) is 34.8 Å². The second-order valence-corrected chi connectivity index (χ2v) is 7.05. The molecule has 0 fully saturated rings. The van der Waals surface area contributed by atoms with Gasteiger partial charge in [-0.1, -0.05) is 22.0 Å². The molecular weight excluding hydrogens is 424 g/mol. The molecule has 7 heteroatoms. The van der Waals surface area contributed by atoms with Crippen LogP contribution in [0.5, 0.6) is 11.5 Å². The Hall–Kier alpha value is -2.54. The minimum absolute atomic E-state index is 0.164. The molecule has 2 amide bonds. The van der Waals surface area contributed by atoms with Crippen LogP contribution in [0.1, 0.15) is 31.9 Å². The first-order chi connectivity index (χ1) is 13.3. The van der Waals surface area contributed by atoms with Gasteiger partial charge in [-0.15, -0.1) is 0 Å². The minimum Gasteiger partial charge on any atom is -0.490 e. The van der Waals surface area contributed by atoms with E-state index in [2.05, 4.69) is 26.6 Å². The third-order valence-corrected chi connectivity index (χ3v) is 4.63. The van der Waals surface area contributed by atoms with Crippen molar-refractivity contribution in [1.82, 2.24) is 0 Å². The van der Waals surface area contributed by atoms with E-state index in [1.54, 1.807) is 12.1 Å². The molecule has 0 aliphatic carbocycles. The third-order valence-electron chi connectivity index (χ3n) is 3.90. The number of rotatable bonds is 8. The van der Waals surface area contributed by atoms with Crippen LogP contribution in [0.2, 0.25) is 0 Å². The van der Waals surface area contributed by atoms with Crippen molar-refractivity contribution in [3.63, 3.8) is 0 Å². The van der Waals surface area contributed by atoms with Gasteiger partial charge in [0.2, 0.25) is 11.8 Å². The molecule has 0 unspecified atom stereocenters. The zero-order chi connectivity index (χ0) is 20.7. The number of anilines is 2. The Labute approximate surface area is 173 Å². The first kappa shape index (κ1) is 21.8. The summed E-state index contributed by atoms with van der Waals surface area (Å²) in [5, 5.41) is 5.62. The molecule has 28 heavy (non-hydrogen) atoms. The van der Waals surface area contributed by atoms with Crippen molar-refractivity contribution < 1.29 is 19.1 Å². The highest BCUT2D eigenvalue weighted by atomic mass is 79.9. The second kappa shape index (κ2) is 10.1. The molecule has 150 valence electrons. The standard InChI is InChI=1S/C21H25BrN2O4/c1-5-27-19-9-15(17(22)12-20(19)28-6-2)10-21(26)24-18-11-16(23-14(4)25)8-7-13(18)3/h7-9,11-12H,5-6,10H2,1-4H3,(H,23,25)(H,24,26). The Morgan fingerprint density at radius 2 is 1.64 bits per heavy atom. The van der Waals surface area contributed by atoms with Gasteiger partial charge in [-0.3, -0.25) is 9.59 Å². The van der Waals surface area contributed by atoms with E-state index >= 15 is 0 Å². The number of carbonyl (C=O) groups is 2. The first-order valence-electron chi connectivity index (χ1n) is 9.10. The fraction of sp³-hybridized carbons (Fsp3) is 0.333. The topological polar surface area (TPSA) is 76.7 Å². The molecule has 0 saturated heterocycles. The Balaban J connectivity index is 2.19. The number of aryl methyl sites for hydroxylation is 1. The van der Waals surface area contributed by atoms with Crippen molar-refractivity contribution in [3.8, 4) is 11.5 Å². The fourth-order valence-electron chi connectivity index (χ4n) is 2.65. The number of hydrogen-bond acceptors (Lipinski definition) is 4. The summed E-state index contributed by atoms with van der Waals surface area (Å²) >= 11 is 3.51. The quantitative estimate of drug-likeness (QED) is 0.613. The minimum atomic E-state index is -0.171. The van der Waals surface area contributed by atoms with Crippen LogP contribution in [0.25, 0.3) is 0 Å². The first-order valence-corrected chi connectivity index (χ1v) is 9.89. The Morgan fingerprint density at radius 1 is 1.00 bits per heavy atom. The van der Waals surface area contributed by atoms with E-state index < -0.39 is 0 Å². The summed E-state index contributed by atoms with van der Waals surface area (Å²) in [5.41, 5.74) is 2.99. The van der Waals surface area contributed by atoms with E-state index in [1.807, 2.05) is 39.0 Å². The van der Waals surface area contributed by atoms with Gasteiger partial charge in [-0.25, -0.2) is 0 Å². The molecule has 0 atom stereocenters. The summed E-state index contributed by atoms with van der Waals surface area (Å²) < 4.78 is 12.0. The lowest BCUT2D eigenvalue weighted by atomic mass is 10.1. The van der Waals surface area contributed by atoms with E-state index in [0.29, 0.717) is 36.1 Å². The molecule has 0 radical (unpaired) electrons. The predicted molar refractivity (Wildman–Crippen MR) is 114 cm³/mol. The van der Waals surface area contributed by atoms with Gasteiger partial charge in [0.25, 0.3) is 0 Å². The third kappa shape index (κ3) is 5.99. The van der Waals surface area contributed by atoms with Gasteiger partial charge in [0, 0.05) is 22.8 Å². The van der Waals surface area contributed by atoms with Gasteiger partial charge in [0.1, 0.15) is 0 Å². The summed E-state index contributed by atoms with van der Waals surface area (Å²) in [6.07, 6.45) is 0.164. The van der Waals surface area contributed by atoms with Gasteiger partial charge in [0.05, 0.1) is 19.6 Å². The van der Waals surface area contributed by atoms with E-state index in [-0.39, 0.29) is 18.2 Å². The number of hydrogen-bond donors (Lipinski definition) is 2. The van der Waals surface area contributed by atoms with Crippen molar-refractivity contribution in [1.29, 1.82) is 0 Å². The van der Waals surface area contributed by atoms with Crippen molar-refractivity contribution >= 4 is 39.1 Å². The largest absolute Gasteiger partial charge is 0.490 e. The summed E-state index contributed by atoms with van der Waals surface area (Å²) in [6.45, 7) is 8.17. The molecule has 0 bridgehead atoms. The maximum atomic E-state index is 12.6. The molecule has 0 aromatic heterocycles. The molecule has 2 aromatic rings. The molecule has 2 aromatic carbocycles. The van der Waals surface area contributed by atoms with Gasteiger partial charge in [0.15, 0.2) is 11.5 Å². The Kier molecular flexibility index (Phi) is 7.87. The highest BCUT2D eigenvalue weighted by molar-refractivity contribution is 9.10. The SMILES string of the molecule is CCOc1cc(Br)c(CC(=O)Nc2cc(NC(C)=O)ccc2C)cc1OCC. The fourth-order valence-corrected chi connectivity index (χ4v) is 3.12. The van der Waals surface area contributed by atoms with Gasteiger partial charge in [-0.05, 0) is 56.2 Å². The molecule has 6 nitrogen and oxygen atoms in total. The van der Waals surface area contributed by atoms with E-state index in [9.17, 15) is 9.59 Å². The highest BCUT2D eigenvalue weighted by Crippen LogP contribution is 2.34. The number of ether oxygens (including phenoxy) is 2. The normalized spacial score (nSPS) is 10.3. The van der Waals surface area contributed by atoms with Crippen LogP contribution >= 0.6 is 15.9 Å². The molecule has 2 N–H and O–H groups in total. The van der Waals surface area contributed by atoms with Crippen LogP contribution in [-0.2, 0) is 16.0 Å². The van der Waals surface area contributed by atoms with Gasteiger partial charge >= 0.3 is 0 Å². The number of halogens is 1. The summed E-state index contributed by atoms with van der Waals surface area (Å²) in [7, 11) is 0. The molecule has 2 rings (SSSR count). The van der Waals surface area contributed by atoms with Crippen LogP contribution < -0.4 is 20.1 Å². The van der Waals surface area contributed by atoms with E-state index in [0.717, 1.165) is 15.6 Å². The van der Waals surface area contributed by atoms with E-state index in [4.69, 9.17) is 9.47 Å². The second-order valence-electron chi connectivity index (χ2n) is 6.19. The number of carbonyl (C=O) groups excluding carboxylic acids is 2. The maximum Gasteiger partial charge on any atom is 0.228 e. The average Bonchev–Trinajstić information content (AvgIpc) is 2.61. The lowest BCUT2D eigenvalue weighted by molar-refractivity contribution is -0.116. The van der Waals surface area contributed by atoms with Gasteiger partial charge in [-0.2, -0.15) is 0 Å². The van der Waals surface area contributed by atoms with E-state index in [1.165, 1.54) is 6.92 Å². The van der Waals surface area contributed by atoms with Crippen LogP contribution in [-0.4, -0.2) is 25.0 Å². The van der Waals surface area contributed by atoms with Crippen molar-refractivity contribution in [2.75, 3.05) is 23.8 Å². The van der Waals surface area contributed by atoms with Crippen molar-refractivity contribution in [3.05, 3.63) is 45.9 Å². The summed E-state index contributed by atoms with van der Waals surface area (Å²) in [4.78, 5) is 23.9. The zero-order valence-corrected chi connectivity index (χ0v) is 18.1. The summed E-state index contributed by atoms with van der Waals surface area (Å²) in [5.74, 6) is 0.914. The van der Waals surface area contributed by atoms with Crippen LogP contribution in [0, 0.1) is 6.92 Å². The number of benzene rings is 2. The molecule has 0 aliphatic heterocycles. The number of nitrogens with one attached hydrogen (secondary N) is 2. The maximum absolute atomic E-state index is 12.6. The Morgan fingerprint density at radius 3 is 2.25 bits per heavy atom. The van der Waals surface area contributed by atoms with Crippen LogP contribution in [0.3, 0.4) is 0 Å². The smallest absolute Gasteiger partial charge is 0.228 e. The molecule has 0 saturated carbocycles. The predicted octanol–water partition coefficient (Wildman–Crippen LogP) is 4.69. The van der Waals surface area contributed by atoms with Crippen molar-refractivity contribution in [2.24, 2.45) is 0 Å². The molecule has 0 heterocycles. The monoisotopic (exact) mass is 448 g/mol. The lowest BCUT2D eigenvalue weighted by Crippen LogP contribution is -2.16. The highest BCUT2D eigenvalue weighted by Gasteiger charge is 2.14. The molecule has 0 aliphatic rings. The Bertz CT molecular complexity index is 868. The summed E-state index contributed by atoms with van der Waals surface area (Å²) in [6, 6.07) is 9.02. The van der Waals surface area contributed by atoms with Gasteiger partial charge < -0.3 is 20.1 Å². The molecular formula is C21H25BrN2O4. The average molecular weight is 449 g/mol.